The van der Waals surface area contributed by atoms with Gasteiger partial charge in [0.05, 0.1) is 0 Å². The normalized spacial score (nSPS) is 26.0. The van der Waals surface area contributed by atoms with E-state index in [4.69, 9.17) is 5.11 Å². The van der Waals surface area contributed by atoms with Crippen molar-refractivity contribution in [3.05, 3.63) is 0 Å². The zero-order valence-corrected chi connectivity index (χ0v) is 12.7. The zero-order chi connectivity index (χ0) is 15.0. The molecule has 0 aromatic rings. The second-order valence-corrected chi connectivity index (χ2v) is 6.07. The molecule has 0 aromatic heterocycles. The zero-order valence-electron chi connectivity index (χ0n) is 12.7. The van der Waals surface area contributed by atoms with E-state index in [-0.39, 0.29) is 12.5 Å². The fraction of sp³-hybridized carbons (Fsp3) is 0.867. The van der Waals surface area contributed by atoms with E-state index in [0.717, 1.165) is 31.6 Å². The molecule has 1 fully saturated rings. The molecule has 0 bridgehead atoms. The van der Waals surface area contributed by atoms with Gasteiger partial charge in [0.25, 0.3) is 0 Å². The number of carbonyl (C=O) groups excluding carboxylic acids is 1. The van der Waals surface area contributed by atoms with Crippen LogP contribution in [0.4, 0.5) is 4.79 Å². The van der Waals surface area contributed by atoms with Gasteiger partial charge in [0, 0.05) is 19.0 Å². The third-order valence-electron chi connectivity index (χ3n) is 4.29. The van der Waals surface area contributed by atoms with Crippen LogP contribution in [0.15, 0.2) is 0 Å². The van der Waals surface area contributed by atoms with Crippen molar-refractivity contribution < 1.29 is 14.7 Å². The number of aliphatic carboxylic acids is 1. The van der Waals surface area contributed by atoms with Crippen molar-refractivity contribution in [3.63, 3.8) is 0 Å². The lowest BCUT2D eigenvalue weighted by Crippen LogP contribution is -2.45. The topological polar surface area (TPSA) is 78.4 Å². The van der Waals surface area contributed by atoms with Gasteiger partial charge >= 0.3 is 12.0 Å². The molecule has 3 N–H and O–H groups in total. The van der Waals surface area contributed by atoms with Gasteiger partial charge in [0.2, 0.25) is 0 Å². The highest BCUT2D eigenvalue weighted by atomic mass is 16.4. The Balaban J connectivity index is 2.04. The Morgan fingerprint density at radius 1 is 1.10 bits per heavy atom. The van der Waals surface area contributed by atoms with Crippen LogP contribution in [-0.4, -0.2) is 29.7 Å². The molecule has 5 nitrogen and oxygen atoms in total. The van der Waals surface area contributed by atoms with E-state index < -0.39 is 5.97 Å². The minimum absolute atomic E-state index is 0.0880. The van der Waals surface area contributed by atoms with E-state index in [9.17, 15) is 9.59 Å². The molecule has 0 saturated heterocycles. The van der Waals surface area contributed by atoms with Crippen LogP contribution in [0.2, 0.25) is 0 Å². The van der Waals surface area contributed by atoms with Gasteiger partial charge in [-0.25, -0.2) is 4.79 Å². The maximum Gasteiger partial charge on any atom is 0.315 e. The quantitative estimate of drug-likeness (QED) is 0.629. The minimum atomic E-state index is -0.753. The number of carbonyl (C=O) groups is 2. The van der Waals surface area contributed by atoms with Crippen molar-refractivity contribution in [2.75, 3.05) is 6.54 Å². The summed E-state index contributed by atoms with van der Waals surface area (Å²) in [4.78, 5) is 22.1. The van der Waals surface area contributed by atoms with Crippen LogP contribution in [0.5, 0.6) is 0 Å². The maximum atomic E-state index is 11.7. The number of urea groups is 1. The van der Waals surface area contributed by atoms with Gasteiger partial charge in [-0.15, -0.1) is 0 Å². The van der Waals surface area contributed by atoms with Crippen molar-refractivity contribution >= 4 is 12.0 Å². The Labute approximate surface area is 121 Å². The second-order valence-electron chi connectivity index (χ2n) is 6.07. The van der Waals surface area contributed by atoms with E-state index in [1.165, 1.54) is 6.42 Å². The molecule has 1 aliphatic carbocycles. The molecule has 1 saturated carbocycles. The molecule has 5 heteroatoms. The Hall–Kier alpha value is -1.26. The highest BCUT2D eigenvalue weighted by Gasteiger charge is 2.25. The lowest BCUT2D eigenvalue weighted by molar-refractivity contribution is -0.137. The Kier molecular flexibility index (Phi) is 7.41. The number of carboxylic acid groups (broad SMARTS) is 1. The minimum Gasteiger partial charge on any atom is -0.481 e. The number of unbranched alkanes of at least 4 members (excludes halogenated alkanes) is 2. The summed E-state index contributed by atoms with van der Waals surface area (Å²) < 4.78 is 0. The molecule has 0 radical (unpaired) electrons. The average Bonchev–Trinajstić information content (AvgIpc) is 2.38. The number of rotatable bonds is 7. The molecular weight excluding hydrogens is 256 g/mol. The summed E-state index contributed by atoms with van der Waals surface area (Å²) in [7, 11) is 0. The third-order valence-corrected chi connectivity index (χ3v) is 4.29. The van der Waals surface area contributed by atoms with Gasteiger partial charge < -0.3 is 15.7 Å². The van der Waals surface area contributed by atoms with Crippen LogP contribution in [0.1, 0.15) is 58.8 Å². The number of hydrogen-bond acceptors (Lipinski definition) is 2. The predicted molar refractivity (Wildman–Crippen MR) is 78.6 cm³/mol. The van der Waals surface area contributed by atoms with Gasteiger partial charge in [-0.2, -0.15) is 0 Å². The molecule has 3 atom stereocenters. The Morgan fingerprint density at radius 2 is 1.85 bits per heavy atom. The maximum absolute atomic E-state index is 11.7. The van der Waals surface area contributed by atoms with E-state index >= 15 is 0 Å². The molecule has 1 rings (SSSR count). The summed E-state index contributed by atoms with van der Waals surface area (Å²) in [5.74, 6) is 0.673. The summed E-state index contributed by atoms with van der Waals surface area (Å²) in [5.41, 5.74) is 0. The van der Waals surface area contributed by atoms with Crippen molar-refractivity contribution in [1.82, 2.24) is 10.6 Å². The number of nitrogens with one attached hydrogen (secondary N) is 2. The Morgan fingerprint density at radius 3 is 2.50 bits per heavy atom. The summed E-state index contributed by atoms with van der Waals surface area (Å²) in [5, 5.41) is 14.4. The first-order chi connectivity index (χ1) is 9.49. The second kappa shape index (κ2) is 8.82. The van der Waals surface area contributed by atoms with Crippen LogP contribution in [0.3, 0.4) is 0 Å². The first-order valence-corrected chi connectivity index (χ1v) is 7.75. The highest BCUT2D eigenvalue weighted by Crippen LogP contribution is 2.29. The van der Waals surface area contributed by atoms with Crippen LogP contribution >= 0.6 is 0 Å². The smallest absolute Gasteiger partial charge is 0.315 e. The lowest BCUT2D eigenvalue weighted by Gasteiger charge is -2.32. The van der Waals surface area contributed by atoms with Crippen molar-refractivity contribution in [2.24, 2.45) is 11.8 Å². The van der Waals surface area contributed by atoms with Crippen molar-refractivity contribution in [2.45, 2.75) is 64.8 Å². The predicted octanol–water partition coefficient (Wildman–Crippen LogP) is 2.76. The monoisotopic (exact) mass is 284 g/mol. The third kappa shape index (κ3) is 6.78. The molecule has 3 unspecified atom stereocenters. The van der Waals surface area contributed by atoms with Gasteiger partial charge in [-0.05, 0) is 43.9 Å². The summed E-state index contributed by atoms with van der Waals surface area (Å²) in [6.45, 7) is 5.14. The summed E-state index contributed by atoms with van der Waals surface area (Å²) in [6.07, 6.45) is 5.87. The van der Waals surface area contributed by atoms with Crippen molar-refractivity contribution in [1.29, 1.82) is 0 Å². The highest BCUT2D eigenvalue weighted by molar-refractivity contribution is 5.74. The first kappa shape index (κ1) is 16.8. The van der Waals surface area contributed by atoms with Crippen LogP contribution in [0.25, 0.3) is 0 Å². The van der Waals surface area contributed by atoms with Crippen LogP contribution in [0, 0.1) is 11.8 Å². The molecule has 1 aliphatic rings. The average molecular weight is 284 g/mol. The fourth-order valence-electron chi connectivity index (χ4n) is 2.69. The fourth-order valence-corrected chi connectivity index (χ4v) is 2.69. The lowest BCUT2D eigenvalue weighted by atomic mass is 9.79. The molecule has 2 amide bonds. The number of hydrogen-bond donors (Lipinski definition) is 3. The summed E-state index contributed by atoms with van der Waals surface area (Å²) >= 11 is 0. The molecule has 116 valence electrons. The van der Waals surface area contributed by atoms with Gasteiger partial charge in [0.1, 0.15) is 0 Å². The molecule has 0 spiro atoms. The molecule has 0 aromatic carbocycles. The van der Waals surface area contributed by atoms with E-state index in [1.54, 1.807) is 0 Å². The van der Waals surface area contributed by atoms with E-state index in [2.05, 4.69) is 24.5 Å². The summed E-state index contributed by atoms with van der Waals surface area (Å²) in [6, 6.07) is 0.211. The van der Waals surface area contributed by atoms with Crippen LogP contribution in [-0.2, 0) is 4.79 Å². The number of carboxylic acids is 1. The Bertz CT molecular complexity index is 320. The molecule has 20 heavy (non-hydrogen) atoms. The van der Waals surface area contributed by atoms with Gasteiger partial charge in [0.15, 0.2) is 0 Å². The van der Waals surface area contributed by atoms with E-state index in [0.29, 0.717) is 24.9 Å². The molecule has 0 heterocycles. The van der Waals surface area contributed by atoms with Gasteiger partial charge in [-0.3, -0.25) is 4.79 Å². The van der Waals surface area contributed by atoms with Crippen LogP contribution < -0.4 is 10.6 Å². The largest absolute Gasteiger partial charge is 0.481 e. The van der Waals surface area contributed by atoms with Crippen molar-refractivity contribution in [3.8, 4) is 0 Å². The standard InChI is InChI=1S/C15H28N2O3/c1-11-7-8-13(10-12(11)2)17-15(20)16-9-5-3-4-6-14(18)19/h11-13H,3-10H2,1-2H3,(H,18,19)(H2,16,17,20). The molecule has 0 aliphatic heterocycles. The first-order valence-electron chi connectivity index (χ1n) is 7.75. The number of amides is 2. The van der Waals surface area contributed by atoms with Gasteiger partial charge in [-0.1, -0.05) is 20.3 Å². The SMILES string of the molecule is CC1CCC(NC(=O)NCCCCCC(=O)O)CC1C. The van der Waals surface area contributed by atoms with E-state index in [1.807, 2.05) is 0 Å². The molecular formula is C15H28N2O3.